The van der Waals surface area contributed by atoms with Gasteiger partial charge in [0.25, 0.3) is 0 Å². The summed E-state index contributed by atoms with van der Waals surface area (Å²) < 4.78 is 0. The Morgan fingerprint density at radius 1 is 1.26 bits per heavy atom. The number of aryl methyl sites for hydroxylation is 2. The molecule has 0 fully saturated rings. The number of rotatable bonds is 1. The van der Waals surface area contributed by atoms with Gasteiger partial charge in [-0.1, -0.05) is 26.8 Å². The Bertz CT molecular complexity index is 519. The topological polar surface area (TPSA) is 61.4 Å². The van der Waals surface area contributed by atoms with Crippen LogP contribution >= 0.6 is 12.2 Å². The number of phenols is 1. The molecule has 0 aliphatic heterocycles. The van der Waals surface area contributed by atoms with Crippen molar-refractivity contribution in [3.05, 3.63) is 23.3 Å². The lowest BCUT2D eigenvalue weighted by molar-refractivity contribution is -0.126. The Balaban J connectivity index is 2.81. The molecular weight excluding hydrogens is 260 g/mol. The minimum absolute atomic E-state index is 0.137. The lowest BCUT2D eigenvalue weighted by Gasteiger charge is -2.19. The first kappa shape index (κ1) is 15.4. The summed E-state index contributed by atoms with van der Waals surface area (Å²) >= 11 is 5.07. The highest BCUT2D eigenvalue weighted by Crippen LogP contribution is 2.28. The largest absolute Gasteiger partial charge is 0.505 e. The molecule has 4 nitrogen and oxygen atoms in total. The van der Waals surface area contributed by atoms with Crippen molar-refractivity contribution < 1.29 is 9.90 Å². The molecule has 0 saturated carbocycles. The molecule has 0 unspecified atom stereocenters. The highest BCUT2D eigenvalue weighted by atomic mass is 32.1. The number of nitrogens with one attached hydrogen (secondary N) is 2. The average Bonchev–Trinajstić information content (AvgIpc) is 2.23. The van der Waals surface area contributed by atoms with Gasteiger partial charge < -0.3 is 15.7 Å². The van der Waals surface area contributed by atoms with Crippen LogP contribution in [0.2, 0.25) is 0 Å². The maximum atomic E-state index is 11.8. The fourth-order valence-electron chi connectivity index (χ4n) is 1.50. The SMILES string of the molecule is Cc1cc(C)c(O)c(NC(=S)NC(=O)C(C)(C)C)c1. The second-order valence-electron chi connectivity index (χ2n) is 5.64. The lowest BCUT2D eigenvalue weighted by atomic mass is 9.96. The second kappa shape index (κ2) is 5.57. The zero-order chi connectivity index (χ0) is 14.8. The van der Waals surface area contributed by atoms with Crippen molar-refractivity contribution in [2.24, 2.45) is 5.41 Å². The van der Waals surface area contributed by atoms with Gasteiger partial charge in [-0.05, 0) is 43.3 Å². The molecule has 104 valence electrons. The van der Waals surface area contributed by atoms with Crippen molar-refractivity contribution in [3.63, 3.8) is 0 Å². The Morgan fingerprint density at radius 3 is 2.37 bits per heavy atom. The Labute approximate surface area is 119 Å². The lowest BCUT2D eigenvalue weighted by Crippen LogP contribution is -2.41. The minimum atomic E-state index is -0.518. The van der Waals surface area contributed by atoms with E-state index in [0.29, 0.717) is 5.69 Å². The zero-order valence-corrected chi connectivity index (χ0v) is 12.7. The van der Waals surface area contributed by atoms with Crippen molar-refractivity contribution in [1.82, 2.24) is 5.32 Å². The standard InChI is InChI=1S/C14H20N2O2S/c1-8-6-9(2)11(17)10(7-8)15-13(19)16-12(18)14(3,4)5/h6-7,17H,1-5H3,(H2,15,16,18,19). The van der Waals surface area contributed by atoms with Gasteiger partial charge >= 0.3 is 0 Å². The van der Waals surface area contributed by atoms with Crippen LogP contribution in [0.25, 0.3) is 0 Å². The highest BCUT2D eigenvalue weighted by Gasteiger charge is 2.22. The number of anilines is 1. The maximum Gasteiger partial charge on any atom is 0.231 e. The maximum absolute atomic E-state index is 11.8. The molecule has 0 bridgehead atoms. The van der Waals surface area contributed by atoms with E-state index in [-0.39, 0.29) is 16.8 Å². The quantitative estimate of drug-likeness (QED) is 0.547. The van der Waals surface area contributed by atoms with Crippen LogP contribution in [0.15, 0.2) is 12.1 Å². The van der Waals surface area contributed by atoms with E-state index in [1.165, 1.54) is 0 Å². The summed E-state index contributed by atoms with van der Waals surface area (Å²) in [4.78, 5) is 11.8. The van der Waals surface area contributed by atoms with Crippen molar-refractivity contribution in [3.8, 4) is 5.75 Å². The molecule has 3 N–H and O–H groups in total. The van der Waals surface area contributed by atoms with E-state index in [0.717, 1.165) is 11.1 Å². The van der Waals surface area contributed by atoms with E-state index in [9.17, 15) is 9.90 Å². The molecule has 1 amide bonds. The third-order valence-corrected chi connectivity index (χ3v) is 2.81. The second-order valence-corrected chi connectivity index (χ2v) is 6.04. The van der Waals surface area contributed by atoms with Gasteiger partial charge in [0.15, 0.2) is 5.11 Å². The number of thiocarbonyl (C=S) groups is 1. The van der Waals surface area contributed by atoms with Crippen molar-refractivity contribution in [2.75, 3.05) is 5.32 Å². The van der Waals surface area contributed by atoms with Gasteiger partial charge in [0.1, 0.15) is 5.75 Å². The molecule has 0 aliphatic carbocycles. The van der Waals surface area contributed by atoms with Crippen LogP contribution in [-0.4, -0.2) is 16.1 Å². The minimum Gasteiger partial charge on any atom is -0.505 e. The first-order valence-corrected chi connectivity index (χ1v) is 6.44. The predicted molar refractivity (Wildman–Crippen MR) is 81.4 cm³/mol. The molecule has 19 heavy (non-hydrogen) atoms. The van der Waals surface area contributed by atoms with Crippen LogP contribution in [0.3, 0.4) is 0 Å². The molecule has 0 radical (unpaired) electrons. The molecule has 1 aromatic carbocycles. The molecule has 0 heterocycles. The number of carbonyl (C=O) groups excluding carboxylic acids is 1. The van der Waals surface area contributed by atoms with Gasteiger partial charge in [0.2, 0.25) is 5.91 Å². The fraction of sp³-hybridized carbons (Fsp3) is 0.429. The third kappa shape index (κ3) is 4.21. The van der Waals surface area contributed by atoms with Crippen LogP contribution in [-0.2, 0) is 4.79 Å². The zero-order valence-electron chi connectivity index (χ0n) is 11.9. The number of carbonyl (C=O) groups is 1. The van der Waals surface area contributed by atoms with Crippen LogP contribution < -0.4 is 10.6 Å². The summed E-state index contributed by atoms with van der Waals surface area (Å²) in [6.07, 6.45) is 0. The van der Waals surface area contributed by atoms with Gasteiger partial charge in [-0.3, -0.25) is 4.79 Å². The summed E-state index contributed by atoms with van der Waals surface area (Å²) in [5.74, 6) is -0.0353. The molecule has 0 aliphatic rings. The molecule has 5 heteroatoms. The fourth-order valence-corrected chi connectivity index (χ4v) is 1.70. The smallest absolute Gasteiger partial charge is 0.231 e. The summed E-state index contributed by atoms with van der Waals surface area (Å²) in [6.45, 7) is 9.15. The summed E-state index contributed by atoms with van der Waals surface area (Å²) in [5.41, 5.74) is 1.74. The molecule has 0 saturated heterocycles. The van der Waals surface area contributed by atoms with Crippen LogP contribution in [0, 0.1) is 19.3 Å². The Hall–Kier alpha value is -1.62. The normalized spacial score (nSPS) is 11.0. The van der Waals surface area contributed by atoms with Gasteiger partial charge in [-0.2, -0.15) is 0 Å². The van der Waals surface area contributed by atoms with E-state index in [2.05, 4.69) is 10.6 Å². The van der Waals surface area contributed by atoms with Crippen molar-refractivity contribution >= 4 is 28.9 Å². The number of phenolic OH excluding ortho intramolecular Hbond substituents is 1. The number of hydrogen-bond donors (Lipinski definition) is 3. The average molecular weight is 280 g/mol. The van der Waals surface area contributed by atoms with E-state index >= 15 is 0 Å². The van der Waals surface area contributed by atoms with Gasteiger partial charge in [-0.15, -0.1) is 0 Å². The van der Waals surface area contributed by atoms with E-state index in [1.54, 1.807) is 26.8 Å². The Morgan fingerprint density at radius 2 is 1.84 bits per heavy atom. The van der Waals surface area contributed by atoms with Crippen molar-refractivity contribution in [1.29, 1.82) is 0 Å². The summed E-state index contributed by atoms with van der Waals surface area (Å²) in [6, 6.07) is 3.65. The van der Waals surface area contributed by atoms with Crippen LogP contribution in [0.4, 0.5) is 5.69 Å². The molecule has 0 aromatic heterocycles. The molecule has 0 atom stereocenters. The first-order valence-electron chi connectivity index (χ1n) is 6.04. The first-order chi connectivity index (χ1) is 8.61. The Kier molecular flexibility index (Phi) is 4.52. The third-order valence-electron chi connectivity index (χ3n) is 2.60. The predicted octanol–water partition coefficient (Wildman–Crippen LogP) is 2.87. The van der Waals surface area contributed by atoms with Gasteiger partial charge in [-0.25, -0.2) is 0 Å². The van der Waals surface area contributed by atoms with Gasteiger partial charge in [0, 0.05) is 5.41 Å². The van der Waals surface area contributed by atoms with E-state index in [1.807, 2.05) is 19.9 Å². The number of benzene rings is 1. The van der Waals surface area contributed by atoms with E-state index in [4.69, 9.17) is 12.2 Å². The summed E-state index contributed by atoms with van der Waals surface area (Å²) in [7, 11) is 0. The van der Waals surface area contributed by atoms with Crippen LogP contribution in [0.5, 0.6) is 5.75 Å². The molecule has 1 rings (SSSR count). The monoisotopic (exact) mass is 280 g/mol. The molecule has 0 spiro atoms. The molecular formula is C14H20N2O2S. The molecule has 1 aromatic rings. The van der Waals surface area contributed by atoms with Crippen molar-refractivity contribution in [2.45, 2.75) is 34.6 Å². The van der Waals surface area contributed by atoms with Gasteiger partial charge in [0.05, 0.1) is 5.69 Å². The number of amides is 1. The van der Waals surface area contributed by atoms with E-state index < -0.39 is 5.41 Å². The number of hydrogen-bond acceptors (Lipinski definition) is 3. The summed E-state index contributed by atoms with van der Waals surface area (Å²) in [5, 5.41) is 15.6. The number of aromatic hydroxyl groups is 1. The highest BCUT2D eigenvalue weighted by molar-refractivity contribution is 7.80. The van der Waals surface area contributed by atoms with Crippen LogP contribution in [0.1, 0.15) is 31.9 Å².